The van der Waals surface area contributed by atoms with Gasteiger partial charge in [0.25, 0.3) is 5.91 Å². The molecular weight excluding hydrogens is 393 g/mol. The van der Waals surface area contributed by atoms with Crippen molar-refractivity contribution in [3.8, 4) is 0 Å². The Hall–Kier alpha value is -2.83. The molecule has 2 aromatic rings. The standard InChI is InChI=1S/C23H23F3N2O2/c24-23(25,26)18-3-1-2-16(12-18)13-21(29)28(20-10-11-20)14-15-4-6-17(7-5-15)22(30)27-19-8-9-19/h1-7,12,19-20H,8-11,13-14H2,(H,27,30). The maximum atomic E-state index is 12.9. The van der Waals surface area contributed by atoms with E-state index < -0.39 is 11.7 Å². The van der Waals surface area contributed by atoms with Gasteiger partial charge in [0.15, 0.2) is 0 Å². The van der Waals surface area contributed by atoms with Crippen LogP contribution in [0.15, 0.2) is 48.5 Å². The van der Waals surface area contributed by atoms with Crippen molar-refractivity contribution in [3.05, 3.63) is 70.8 Å². The zero-order valence-electron chi connectivity index (χ0n) is 16.4. The van der Waals surface area contributed by atoms with Gasteiger partial charge >= 0.3 is 6.18 Å². The number of amides is 2. The lowest BCUT2D eigenvalue weighted by Crippen LogP contribution is -2.34. The van der Waals surface area contributed by atoms with Crippen LogP contribution in [0.1, 0.15) is 52.7 Å². The maximum absolute atomic E-state index is 12.9. The monoisotopic (exact) mass is 416 g/mol. The second kappa shape index (κ2) is 8.13. The van der Waals surface area contributed by atoms with Crippen molar-refractivity contribution in [2.24, 2.45) is 0 Å². The fourth-order valence-corrected chi connectivity index (χ4v) is 3.40. The number of carbonyl (C=O) groups is 2. The molecule has 2 saturated carbocycles. The summed E-state index contributed by atoms with van der Waals surface area (Å²) in [5.74, 6) is -0.281. The van der Waals surface area contributed by atoms with Crippen LogP contribution < -0.4 is 5.32 Å². The number of carbonyl (C=O) groups excluding carboxylic acids is 2. The number of nitrogens with one attached hydrogen (secondary N) is 1. The Bertz CT molecular complexity index is 932. The predicted molar refractivity (Wildman–Crippen MR) is 106 cm³/mol. The number of alkyl halides is 3. The molecule has 4 rings (SSSR count). The van der Waals surface area contributed by atoms with Gasteiger partial charge in [0, 0.05) is 24.2 Å². The summed E-state index contributed by atoms with van der Waals surface area (Å²) in [5, 5.41) is 2.94. The third-order valence-electron chi connectivity index (χ3n) is 5.40. The Kier molecular flexibility index (Phi) is 5.54. The highest BCUT2D eigenvalue weighted by atomic mass is 19.4. The van der Waals surface area contributed by atoms with Gasteiger partial charge in [-0.05, 0) is 55.0 Å². The predicted octanol–water partition coefficient (Wildman–Crippen LogP) is 4.33. The second-order valence-corrected chi connectivity index (χ2v) is 8.07. The lowest BCUT2D eigenvalue weighted by Gasteiger charge is -2.23. The highest BCUT2D eigenvalue weighted by molar-refractivity contribution is 5.94. The number of hydrogen-bond acceptors (Lipinski definition) is 2. The van der Waals surface area contributed by atoms with Gasteiger partial charge in [-0.1, -0.05) is 30.3 Å². The van der Waals surface area contributed by atoms with E-state index in [-0.39, 0.29) is 30.3 Å². The number of hydrogen-bond donors (Lipinski definition) is 1. The van der Waals surface area contributed by atoms with Crippen LogP contribution in [0, 0.1) is 0 Å². The Balaban J connectivity index is 1.41. The highest BCUT2D eigenvalue weighted by Crippen LogP contribution is 2.31. The molecule has 2 aliphatic carbocycles. The fraction of sp³-hybridized carbons (Fsp3) is 0.391. The minimum absolute atomic E-state index is 0.0672. The molecule has 0 bridgehead atoms. The van der Waals surface area contributed by atoms with E-state index in [1.165, 1.54) is 6.07 Å². The van der Waals surface area contributed by atoms with Gasteiger partial charge in [-0.25, -0.2) is 0 Å². The molecule has 1 N–H and O–H groups in total. The lowest BCUT2D eigenvalue weighted by atomic mass is 10.1. The van der Waals surface area contributed by atoms with E-state index in [1.54, 1.807) is 23.1 Å². The van der Waals surface area contributed by atoms with E-state index in [9.17, 15) is 22.8 Å². The quantitative estimate of drug-likeness (QED) is 0.730. The molecule has 0 heterocycles. The summed E-state index contributed by atoms with van der Waals surface area (Å²) >= 11 is 0. The molecule has 0 radical (unpaired) electrons. The summed E-state index contributed by atoms with van der Waals surface area (Å²) in [6.07, 6.45) is -0.653. The first-order chi connectivity index (χ1) is 14.3. The Labute approximate surface area is 173 Å². The molecular formula is C23H23F3N2O2. The molecule has 2 fully saturated rings. The van der Waals surface area contributed by atoms with Gasteiger partial charge in [0.1, 0.15) is 0 Å². The minimum Gasteiger partial charge on any atom is -0.349 e. The maximum Gasteiger partial charge on any atom is 0.416 e. The van der Waals surface area contributed by atoms with Gasteiger partial charge in [0.2, 0.25) is 5.91 Å². The SMILES string of the molecule is O=C(NC1CC1)c1ccc(CN(C(=O)Cc2cccc(C(F)(F)F)c2)C2CC2)cc1. The second-order valence-electron chi connectivity index (χ2n) is 8.07. The molecule has 0 atom stereocenters. The molecule has 2 aromatic carbocycles. The van der Waals surface area contributed by atoms with Crippen LogP contribution in [-0.4, -0.2) is 28.8 Å². The minimum atomic E-state index is -4.43. The molecule has 158 valence electrons. The Morgan fingerprint density at radius 1 is 0.967 bits per heavy atom. The summed E-state index contributed by atoms with van der Waals surface area (Å²) in [5.41, 5.74) is 1.08. The van der Waals surface area contributed by atoms with Crippen molar-refractivity contribution in [3.63, 3.8) is 0 Å². The van der Waals surface area contributed by atoms with Crippen LogP contribution in [-0.2, 0) is 23.9 Å². The van der Waals surface area contributed by atoms with E-state index in [2.05, 4.69) is 5.32 Å². The summed E-state index contributed by atoms with van der Waals surface area (Å²) in [6, 6.07) is 12.5. The van der Waals surface area contributed by atoms with Crippen molar-refractivity contribution in [2.75, 3.05) is 0 Å². The topological polar surface area (TPSA) is 49.4 Å². The number of halogens is 3. The molecule has 0 spiro atoms. The molecule has 0 saturated heterocycles. The van der Waals surface area contributed by atoms with E-state index in [0.29, 0.717) is 17.7 Å². The van der Waals surface area contributed by atoms with Crippen molar-refractivity contribution in [2.45, 2.75) is 56.9 Å². The van der Waals surface area contributed by atoms with Gasteiger partial charge in [-0.2, -0.15) is 13.2 Å². The lowest BCUT2D eigenvalue weighted by molar-refractivity contribution is -0.138. The molecule has 4 nitrogen and oxygen atoms in total. The van der Waals surface area contributed by atoms with Crippen molar-refractivity contribution in [1.82, 2.24) is 10.2 Å². The fourth-order valence-electron chi connectivity index (χ4n) is 3.40. The van der Waals surface area contributed by atoms with Crippen LogP contribution in [0.5, 0.6) is 0 Å². The third-order valence-corrected chi connectivity index (χ3v) is 5.40. The first kappa shape index (κ1) is 20.4. The van der Waals surface area contributed by atoms with Crippen LogP contribution in [0.25, 0.3) is 0 Å². The van der Waals surface area contributed by atoms with Crippen molar-refractivity contribution < 1.29 is 22.8 Å². The van der Waals surface area contributed by atoms with Crippen LogP contribution >= 0.6 is 0 Å². The van der Waals surface area contributed by atoms with Crippen LogP contribution in [0.3, 0.4) is 0 Å². The number of benzene rings is 2. The van der Waals surface area contributed by atoms with Crippen molar-refractivity contribution >= 4 is 11.8 Å². The van der Waals surface area contributed by atoms with Crippen LogP contribution in [0.2, 0.25) is 0 Å². The highest BCUT2D eigenvalue weighted by Gasteiger charge is 2.33. The average Bonchev–Trinajstić information content (AvgIpc) is 3.61. The van der Waals surface area contributed by atoms with E-state index in [4.69, 9.17) is 0 Å². The summed E-state index contributed by atoms with van der Waals surface area (Å²) < 4.78 is 38.8. The summed E-state index contributed by atoms with van der Waals surface area (Å²) in [6.45, 7) is 0.382. The zero-order valence-corrected chi connectivity index (χ0v) is 16.4. The summed E-state index contributed by atoms with van der Waals surface area (Å²) in [7, 11) is 0. The molecule has 0 aromatic heterocycles. The third kappa shape index (κ3) is 5.20. The molecule has 0 unspecified atom stereocenters. The molecule has 0 aliphatic heterocycles. The van der Waals surface area contributed by atoms with Gasteiger partial charge < -0.3 is 10.2 Å². The average molecular weight is 416 g/mol. The number of rotatable bonds is 7. The largest absolute Gasteiger partial charge is 0.416 e. The van der Waals surface area contributed by atoms with Crippen molar-refractivity contribution in [1.29, 1.82) is 0 Å². The molecule has 2 aliphatic rings. The van der Waals surface area contributed by atoms with Gasteiger partial charge in [-0.3, -0.25) is 9.59 Å². The normalized spacial score (nSPS) is 16.2. The molecule has 7 heteroatoms. The van der Waals surface area contributed by atoms with Crippen LogP contribution in [0.4, 0.5) is 13.2 Å². The van der Waals surface area contributed by atoms with E-state index in [1.807, 2.05) is 12.1 Å². The molecule has 30 heavy (non-hydrogen) atoms. The zero-order chi connectivity index (χ0) is 21.3. The van der Waals surface area contributed by atoms with E-state index >= 15 is 0 Å². The Morgan fingerprint density at radius 3 is 2.27 bits per heavy atom. The summed E-state index contributed by atoms with van der Waals surface area (Å²) in [4.78, 5) is 26.7. The first-order valence-electron chi connectivity index (χ1n) is 10.1. The van der Waals surface area contributed by atoms with E-state index in [0.717, 1.165) is 43.4 Å². The first-order valence-corrected chi connectivity index (χ1v) is 10.1. The van der Waals surface area contributed by atoms with Gasteiger partial charge in [-0.15, -0.1) is 0 Å². The molecule has 2 amide bonds. The number of nitrogens with zero attached hydrogens (tertiary/aromatic N) is 1. The van der Waals surface area contributed by atoms with Gasteiger partial charge in [0.05, 0.1) is 12.0 Å². The smallest absolute Gasteiger partial charge is 0.349 e. The Morgan fingerprint density at radius 2 is 1.67 bits per heavy atom.